The van der Waals surface area contributed by atoms with E-state index in [1.54, 1.807) is 6.08 Å². The van der Waals surface area contributed by atoms with Crippen molar-refractivity contribution in [2.24, 2.45) is 16.7 Å². The molecule has 0 aromatic rings. The summed E-state index contributed by atoms with van der Waals surface area (Å²) >= 11 is 0. The quantitative estimate of drug-likeness (QED) is 0.723. The third-order valence-corrected chi connectivity index (χ3v) is 5.33. The van der Waals surface area contributed by atoms with E-state index in [4.69, 9.17) is 18.9 Å². The van der Waals surface area contributed by atoms with E-state index < -0.39 is 17.5 Å². The zero-order valence-electron chi connectivity index (χ0n) is 14.6. The second kappa shape index (κ2) is 5.63. The summed E-state index contributed by atoms with van der Waals surface area (Å²) < 4.78 is 23.4. The van der Waals surface area contributed by atoms with Gasteiger partial charge in [-0.15, -0.1) is 0 Å². The van der Waals surface area contributed by atoms with Crippen LogP contribution in [0.25, 0.3) is 0 Å². The van der Waals surface area contributed by atoms with Crippen LogP contribution in [0.5, 0.6) is 0 Å². The Morgan fingerprint density at radius 2 is 1.83 bits per heavy atom. The van der Waals surface area contributed by atoms with E-state index in [1.165, 1.54) is 14.2 Å². The Morgan fingerprint density at radius 3 is 2.39 bits per heavy atom. The summed E-state index contributed by atoms with van der Waals surface area (Å²) in [6, 6.07) is 0. The first-order valence-electron chi connectivity index (χ1n) is 8.05. The van der Waals surface area contributed by atoms with Crippen molar-refractivity contribution in [1.82, 2.24) is 4.90 Å². The molecule has 0 spiro atoms. The van der Waals surface area contributed by atoms with Crippen LogP contribution in [0.3, 0.4) is 0 Å². The van der Waals surface area contributed by atoms with Crippen LogP contribution in [-0.4, -0.2) is 70.3 Å². The maximum absolute atomic E-state index is 12.5. The highest BCUT2D eigenvalue weighted by Crippen LogP contribution is 2.52. The van der Waals surface area contributed by atoms with Gasteiger partial charge in [0.05, 0.1) is 18.6 Å². The summed E-state index contributed by atoms with van der Waals surface area (Å²) in [5.41, 5.74) is -0.452. The molecular formula is C17H27NO5. The molecule has 0 aromatic carbocycles. The van der Waals surface area contributed by atoms with Gasteiger partial charge in [-0.1, -0.05) is 19.9 Å². The van der Waals surface area contributed by atoms with Crippen LogP contribution in [-0.2, 0) is 23.7 Å². The molecule has 0 bridgehead atoms. The number of ether oxygens (including phenoxy) is 4. The molecule has 0 aromatic heterocycles. The SMILES string of the molecule is COC1(OC)C(=O)C=C[C@]2(C3OCC(C)(C)CO3)CN(C)C[C@H]12. The summed E-state index contributed by atoms with van der Waals surface area (Å²) in [6.45, 7) is 6.92. The molecule has 23 heavy (non-hydrogen) atoms. The van der Waals surface area contributed by atoms with Gasteiger partial charge in [-0.25, -0.2) is 0 Å². The average molecular weight is 325 g/mol. The lowest BCUT2D eigenvalue weighted by Gasteiger charge is -2.50. The lowest BCUT2D eigenvalue weighted by atomic mass is 9.67. The molecule has 6 heteroatoms. The second-order valence-corrected chi connectivity index (χ2v) is 7.75. The van der Waals surface area contributed by atoms with E-state index in [2.05, 4.69) is 18.7 Å². The first-order chi connectivity index (χ1) is 10.8. The fourth-order valence-electron chi connectivity index (χ4n) is 4.17. The predicted molar refractivity (Wildman–Crippen MR) is 83.8 cm³/mol. The zero-order chi connectivity index (χ0) is 16.9. The van der Waals surface area contributed by atoms with Gasteiger partial charge in [0.15, 0.2) is 6.29 Å². The van der Waals surface area contributed by atoms with Gasteiger partial charge in [0.25, 0.3) is 0 Å². The standard InChI is InChI=1S/C17H27NO5/c1-15(2)10-22-14(23-11-15)16-7-6-13(19)17(20-4,21-5)12(16)8-18(3)9-16/h6-7,12,14H,8-11H2,1-5H3/t12-,16-/m0/s1. The maximum Gasteiger partial charge on any atom is 0.237 e. The lowest BCUT2D eigenvalue weighted by molar-refractivity contribution is -0.295. The molecule has 2 saturated heterocycles. The van der Waals surface area contributed by atoms with Gasteiger partial charge in [-0.2, -0.15) is 0 Å². The third-order valence-electron chi connectivity index (χ3n) is 5.33. The lowest BCUT2D eigenvalue weighted by Crippen LogP contribution is -2.61. The maximum atomic E-state index is 12.5. The van der Waals surface area contributed by atoms with E-state index >= 15 is 0 Å². The van der Waals surface area contributed by atoms with Crippen LogP contribution in [0.4, 0.5) is 0 Å². The van der Waals surface area contributed by atoms with Crippen LogP contribution >= 0.6 is 0 Å². The van der Waals surface area contributed by atoms with E-state index in [-0.39, 0.29) is 17.1 Å². The molecule has 0 saturated carbocycles. The highest BCUT2D eigenvalue weighted by atomic mass is 16.7. The third kappa shape index (κ3) is 2.48. The Kier molecular flexibility index (Phi) is 4.18. The summed E-state index contributed by atoms with van der Waals surface area (Å²) in [5.74, 6) is -1.62. The van der Waals surface area contributed by atoms with Crippen LogP contribution in [0, 0.1) is 16.7 Å². The van der Waals surface area contributed by atoms with Crippen LogP contribution < -0.4 is 0 Å². The normalized spacial score (nSPS) is 37.1. The largest absolute Gasteiger partial charge is 0.351 e. The van der Waals surface area contributed by atoms with Crippen molar-refractivity contribution in [3.05, 3.63) is 12.2 Å². The van der Waals surface area contributed by atoms with Crippen molar-refractivity contribution in [2.75, 3.05) is 47.6 Å². The molecule has 0 unspecified atom stereocenters. The van der Waals surface area contributed by atoms with Crippen molar-refractivity contribution in [2.45, 2.75) is 25.9 Å². The Morgan fingerprint density at radius 1 is 1.22 bits per heavy atom. The minimum Gasteiger partial charge on any atom is -0.351 e. The zero-order valence-corrected chi connectivity index (χ0v) is 14.6. The molecular weight excluding hydrogens is 298 g/mol. The first kappa shape index (κ1) is 17.0. The molecule has 2 atom stereocenters. The van der Waals surface area contributed by atoms with E-state index in [1.807, 2.05) is 13.1 Å². The summed E-state index contributed by atoms with van der Waals surface area (Å²) in [4.78, 5) is 14.7. The average Bonchev–Trinajstić information content (AvgIpc) is 2.86. The number of methoxy groups -OCH3 is 2. The predicted octanol–water partition coefficient (Wildman–Crippen LogP) is 1.06. The fraction of sp³-hybridized carbons (Fsp3) is 0.824. The topological polar surface area (TPSA) is 57.2 Å². The van der Waals surface area contributed by atoms with Gasteiger partial charge in [0.2, 0.25) is 11.6 Å². The molecule has 2 heterocycles. The van der Waals surface area contributed by atoms with Gasteiger partial charge >= 0.3 is 0 Å². The molecule has 6 nitrogen and oxygen atoms in total. The Bertz CT molecular complexity index is 503. The molecule has 130 valence electrons. The van der Waals surface area contributed by atoms with E-state index in [0.29, 0.717) is 19.8 Å². The van der Waals surface area contributed by atoms with Crippen LogP contribution in [0.15, 0.2) is 12.2 Å². The molecule has 0 radical (unpaired) electrons. The number of carbonyl (C=O) groups is 1. The number of hydrogen-bond acceptors (Lipinski definition) is 6. The number of ketones is 1. The monoisotopic (exact) mass is 325 g/mol. The van der Waals surface area contributed by atoms with Gasteiger partial charge in [-0.3, -0.25) is 4.79 Å². The molecule has 3 rings (SSSR count). The first-order valence-corrected chi connectivity index (χ1v) is 8.05. The number of fused-ring (bicyclic) bond motifs is 1. The summed E-state index contributed by atoms with van der Waals surface area (Å²) in [7, 11) is 5.08. The Labute approximate surface area is 137 Å². The molecule has 1 aliphatic carbocycles. The molecule has 3 aliphatic rings. The Hall–Kier alpha value is -0.790. The number of hydrogen-bond donors (Lipinski definition) is 0. The van der Waals surface area contributed by atoms with E-state index in [0.717, 1.165) is 6.54 Å². The minimum atomic E-state index is -1.28. The fourth-order valence-corrected chi connectivity index (χ4v) is 4.17. The van der Waals surface area contributed by atoms with Gasteiger partial charge in [-0.05, 0) is 13.1 Å². The summed E-state index contributed by atoms with van der Waals surface area (Å²) in [6.07, 6.45) is 3.11. The van der Waals surface area contributed by atoms with Gasteiger partial charge in [0, 0.05) is 38.6 Å². The van der Waals surface area contributed by atoms with Crippen molar-refractivity contribution in [1.29, 1.82) is 0 Å². The molecule has 0 amide bonds. The second-order valence-electron chi connectivity index (χ2n) is 7.75. The van der Waals surface area contributed by atoms with Crippen molar-refractivity contribution in [3.63, 3.8) is 0 Å². The molecule has 0 N–H and O–H groups in total. The minimum absolute atomic E-state index is 0.000937. The highest BCUT2D eigenvalue weighted by Gasteiger charge is 2.64. The van der Waals surface area contributed by atoms with Crippen LogP contribution in [0.1, 0.15) is 13.8 Å². The molecule has 2 aliphatic heterocycles. The van der Waals surface area contributed by atoms with Crippen molar-refractivity contribution < 1.29 is 23.7 Å². The van der Waals surface area contributed by atoms with Gasteiger partial charge in [0.1, 0.15) is 0 Å². The van der Waals surface area contributed by atoms with Crippen molar-refractivity contribution in [3.8, 4) is 0 Å². The molecule has 2 fully saturated rings. The van der Waals surface area contributed by atoms with E-state index in [9.17, 15) is 4.79 Å². The smallest absolute Gasteiger partial charge is 0.237 e. The van der Waals surface area contributed by atoms with Gasteiger partial charge < -0.3 is 23.8 Å². The summed E-state index contributed by atoms with van der Waals surface area (Å²) in [5, 5.41) is 0. The number of carbonyl (C=O) groups excluding carboxylic acids is 1. The highest BCUT2D eigenvalue weighted by molar-refractivity contribution is 5.97. The van der Waals surface area contributed by atoms with Crippen molar-refractivity contribution >= 4 is 5.78 Å². The number of rotatable bonds is 3. The Balaban J connectivity index is 1.98. The number of nitrogens with zero attached hydrogens (tertiary/aromatic N) is 1. The number of likely N-dealkylation sites (tertiary alicyclic amines) is 1. The van der Waals surface area contributed by atoms with Crippen LogP contribution in [0.2, 0.25) is 0 Å².